The first-order chi connectivity index (χ1) is 10.9. The number of fused-ring (bicyclic) bond motifs is 1. The summed E-state index contributed by atoms with van der Waals surface area (Å²) in [6.07, 6.45) is 0. The maximum absolute atomic E-state index is 12.3. The standard InChI is InChI=1S/C13H10N4O5S/c18-13(19)8-1-3-9(4-2-8)15-23(21,22)10-5-6-11-12(7-10)17(20)16-14-11/h1-7,15,20H,(H,18,19)/p-1. The van der Waals surface area contributed by atoms with Crippen LogP contribution < -0.4 is 9.83 Å². The van der Waals surface area contributed by atoms with Crippen LogP contribution in [0.2, 0.25) is 0 Å². The minimum atomic E-state index is -3.93. The molecule has 0 aliphatic carbocycles. The zero-order chi connectivity index (χ0) is 16.6. The molecule has 0 aliphatic rings. The predicted octanol–water partition coefficient (Wildman–Crippen LogP) is -0.167. The lowest BCUT2D eigenvalue weighted by atomic mass is 10.2. The molecule has 2 N–H and O–H groups in total. The second-order valence-electron chi connectivity index (χ2n) is 4.60. The van der Waals surface area contributed by atoms with Crippen LogP contribution in [0.3, 0.4) is 0 Å². The minimum absolute atomic E-state index is 0.0652. The first kappa shape index (κ1) is 14.8. The molecule has 118 valence electrons. The Bertz CT molecular complexity index is 995. The van der Waals surface area contributed by atoms with Crippen LogP contribution in [0.5, 0.6) is 0 Å². The Kier molecular flexibility index (Phi) is 3.37. The van der Waals surface area contributed by atoms with E-state index in [4.69, 9.17) is 0 Å². The number of carboxylic acid groups (broad SMARTS) is 1. The molecular formula is C13H9N4O5S-. The van der Waals surface area contributed by atoms with Gasteiger partial charge in [-0.15, -0.1) is 5.10 Å². The number of carbonyl (C=O) groups is 1. The summed E-state index contributed by atoms with van der Waals surface area (Å²) in [7, 11) is -3.93. The maximum atomic E-state index is 12.3. The van der Waals surface area contributed by atoms with Crippen LogP contribution in [0.4, 0.5) is 5.69 Å². The van der Waals surface area contributed by atoms with Gasteiger partial charge in [0.2, 0.25) is 0 Å². The molecule has 0 unspecified atom stereocenters. The number of benzene rings is 2. The SMILES string of the molecule is O=C([O-])c1ccc(NS(=O)(=O)c2ccc3nnn(O)c3c2)cc1. The lowest BCUT2D eigenvalue weighted by Gasteiger charge is -2.09. The van der Waals surface area contributed by atoms with Crippen LogP contribution in [0.1, 0.15) is 10.4 Å². The van der Waals surface area contributed by atoms with E-state index in [1.54, 1.807) is 0 Å². The average Bonchev–Trinajstić information content (AvgIpc) is 2.88. The van der Waals surface area contributed by atoms with Crippen molar-refractivity contribution in [2.75, 3.05) is 4.72 Å². The number of hydrogen-bond acceptors (Lipinski definition) is 7. The molecule has 1 aromatic heterocycles. The lowest BCUT2D eigenvalue weighted by molar-refractivity contribution is -0.255. The monoisotopic (exact) mass is 333 g/mol. The molecule has 10 heteroatoms. The van der Waals surface area contributed by atoms with Gasteiger partial charge in [-0.1, -0.05) is 17.0 Å². The summed E-state index contributed by atoms with van der Waals surface area (Å²) < 4.78 is 27.0. The highest BCUT2D eigenvalue weighted by molar-refractivity contribution is 7.92. The molecule has 2 aromatic carbocycles. The topological polar surface area (TPSA) is 137 Å². The number of nitrogens with zero attached hydrogens (tertiary/aromatic N) is 3. The van der Waals surface area contributed by atoms with Crippen molar-refractivity contribution in [3.8, 4) is 0 Å². The van der Waals surface area contributed by atoms with Crippen molar-refractivity contribution in [3.05, 3.63) is 48.0 Å². The summed E-state index contributed by atoms with van der Waals surface area (Å²) in [6.45, 7) is 0. The molecule has 3 aromatic rings. The highest BCUT2D eigenvalue weighted by Gasteiger charge is 2.16. The summed E-state index contributed by atoms with van der Waals surface area (Å²) in [5, 5.41) is 27.1. The summed E-state index contributed by atoms with van der Waals surface area (Å²) in [4.78, 5) is 11.0. The van der Waals surface area contributed by atoms with Gasteiger partial charge in [0, 0.05) is 5.69 Å². The second-order valence-corrected chi connectivity index (χ2v) is 6.28. The van der Waals surface area contributed by atoms with E-state index in [9.17, 15) is 23.5 Å². The number of aromatic nitrogens is 3. The quantitative estimate of drug-likeness (QED) is 0.632. The number of rotatable bonds is 4. The van der Waals surface area contributed by atoms with E-state index in [0.717, 1.165) is 0 Å². The van der Waals surface area contributed by atoms with Crippen molar-refractivity contribution in [2.24, 2.45) is 0 Å². The zero-order valence-corrected chi connectivity index (χ0v) is 12.2. The number of anilines is 1. The maximum Gasteiger partial charge on any atom is 0.261 e. The third-order valence-corrected chi connectivity index (χ3v) is 4.46. The Labute approximate surface area is 129 Å². The first-order valence-corrected chi connectivity index (χ1v) is 7.74. The fourth-order valence-electron chi connectivity index (χ4n) is 1.94. The fourth-order valence-corrected chi connectivity index (χ4v) is 3.02. The molecule has 0 spiro atoms. The van der Waals surface area contributed by atoms with Gasteiger partial charge in [-0.25, -0.2) is 8.42 Å². The van der Waals surface area contributed by atoms with Crippen molar-refractivity contribution >= 4 is 32.7 Å². The molecule has 0 fully saturated rings. The molecule has 9 nitrogen and oxygen atoms in total. The van der Waals surface area contributed by atoms with Gasteiger partial charge >= 0.3 is 0 Å². The second kappa shape index (κ2) is 5.25. The molecule has 0 amide bonds. The van der Waals surface area contributed by atoms with Crippen LogP contribution in [0, 0.1) is 0 Å². The molecular weight excluding hydrogens is 324 g/mol. The van der Waals surface area contributed by atoms with Gasteiger partial charge in [0.1, 0.15) is 11.0 Å². The van der Waals surface area contributed by atoms with Crippen LogP contribution in [0.15, 0.2) is 47.4 Å². The molecule has 23 heavy (non-hydrogen) atoms. The largest absolute Gasteiger partial charge is 0.545 e. The average molecular weight is 333 g/mol. The molecule has 0 aliphatic heterocycles. The van der Waals surface area contributed by atoms with Gasteiger partial charge in [-0.05, 0) is 41.1 Å². The van der Waals surface area contributed by atoms with Crippen LogP contribution in [-0.2, 0) is 10.0 Å². The molecule has 0 atom stereocenters. The Morgan fingerprint density at radius 2 is 1.87 bits per heavy atom. The number of carbonyl (C=O) groups excluding carboxylic acids is 1. The van der Waals surface area contributed by atoms with Crippen LogP contribution in [-0.4, -0.2) is 34.8 Å². The molecule has 3 rings (SSSR count). The van der Waals surface area contributed by atoms with Gasteiger partial charge in [-0.3, -0.25) is 4.72 Å². The highest BCUT2D eigenvalue weighted by Crippen LogP contribution is 2.20. The third-order valence-electron chi connectivity index (χ3n) is 3.08. The summed E-state index contributed by atoms with van der Waals surface area (Å²) in [5.41, 5.74) is 0.597. The predicted molar refractivity (Wildman–Crippen MR) is 76.3 cm³/mol. The molecule has 0 saturated heterocycles. The van der Waals surface area contributed by atoms with E-state index in [1.165, 1.54) is 42.5 Å². The van der Waals surface area contributed by atoms with Gasteiger partial charge in [-0.2, -0.15) is 0 Å². The Morgan fingerprint density at radius 1 is 1.17 bits per heavy atom. The molecule has 0 saturated carbocycles. The van der Waals surface area contributed by atoms with Gasteiger partial charge < -0.3 is 15.1 Å². The van der Waals surface area contributed by atoms with Crippen molar-refractivity contribution in [3.63, 3.8) is 0 Å². The normalized spacial score (nSPS) is 11.5. The number of nitrogens with one attached hydrogen (secondary N) is 1. The van der Waals surface area contributed by atoms with Crippen LogP contribution >= 0.6 is 0 Å². The van der Waals surface area contributed by atoms with E-state index in [0.29, 0.717) is 10.4 Å². The summed E-state index contributed by atoms with van der Waals surface area (Å²) in [5.74, 6) is -1.35. The summed E-state index contributed by atoms with van der Waals surface area (Å²) >= 11 is 0. The Morgan fingerprint density at radius 3 is 2.52 bits per heavy atom. The lowest BCUT2D eigenvalue weighted by Crippen LogP contribution is -2.22. The van der Waals surface area contributed by atoms with Crippen molar-refractivity contribution in [1.29, 1.82) is 0 Å². The van der Waals surface area contributed by atoms with Gasteiger partial charge in [0.15, 0.2) is 0 Å². The van der Waals surface area contributed by atoms with E-state index in [-0.39, 0.29) is 21.7 Å². The first-order valence-electron chi connectivity index (χ1n) is 6.26. The Balaban J connectivity index is 1.93. The van der Waals surface area contributed by atoms with Gasteiger partial charge in [0.05, 0.1) is 10.9 Å². The van der Waals surface area contributed by atoms with E-state index < -0.39 is 16.0 Å². The number of aromatic carboxylic acids is 1. The van der Waals surface area contributed by atoms with Crippen molar-refractivity contribution in [1.82, 2.24) is 15.2 Å². The van der Waals surface area contributed by atoms with E-state index in [2.05, 4.69) is 15.0 Å². The zero-order valence-electron chi connectivity index (χ0n) is 11.4. The summed E-state index contributed by atoms with van der Waals surface area (Å²) in [6, 6.07) is 9.00. The van der Waals surface area contributed by atoms with E-state index in [1.807, 2.05) is 0 Å². The van der Waals surface area contributed by atoms with Crippen molar-refractivity contribution in [2.45, 2.75) is 4.90 Å². The molecule has 1 heterocycles. The number of hydrogen-bond donors (Lipinski definition) is 2. The number of carboxylic acids is 1. The van der Waals surface area contributed by atoms with Crippen molar-refractivity contribution < 1.29 is 23.5 Å². The van der Waals surface area contributed by atoms with E-state index >= 15 is 0 Å². The minimum Gasteiger partial charge on any atom is -0.545 e. The smallest absolute Gasteiger partial charge is 0.261 e. The molecule has 0 bridgehead atoms. The Hall–Kier alpha value is -3.14. The number of sulfonamides is 1. The highest BCUT2D eigenvalue weighted by atomic mass is 32.2. The third kappa shape index (κ3) is 2.79. The molecule has 0 radical (unpaired) electrons. The van der Waals surface area contributed by atoms with Gasteiger partial charge in [0.25, 0.3) is 10.0 Å². The van der Waals surface area contributed by atoms with Crippen LogP contribution in [0.25, 0.3) is 11.0 Å². The fraction of sp³-hybridized carbons (Fsp3) is 0.